The van der Waals surface area contributed by atoms with Gasteiger partial charge in [-0.15, -0.1) is 0 Å². The largest absolute Gasteiger partial charge is 0.480 e. The third kappa shape index (κ3) is 2.92. The number of rotatable bonds is 4. The third-order valence-corrected chi connectivity index (χ3v) is 2.68. The lowest BCUT2D eigenvalue weighted by atomic mass is 10.2. The number of carboxylic acids is 1. The van der Waals surface area contributed by atoms with Crippen LogP contribution < -0.4 is 5.73 Å². The number of carboxylic acid groups (broad SMARTS) is 1. The van der Waals surface area contributed by atoms with Crippen LogP contribution in [-0.2, 0) is 9.59 Å². The first kappa shape index (κ1) is 12.0. The molecule has 15 heavy (non-hydrogen) atoms. The SMILES string of the molecule is CCCCC(=O)N1CC(N)CC1C(=O)O. The van der Waals surface area contributed by atoms with E-state index < -0.39 is 12.0 Å². The smallest absolute Gasteiger partial charge is 0.326 e. The van der Waals surface area contributed by atoms with Crippen molar-refractivity contribution in [1.82, 2.24) is 4.90 Å². The molecule has 5 heteroatoms. The van der Waals surface area contributed by atoms with Crippen molar-refractivity contribution in [3.8, 4) is 0 Å². The maximum absolute atomic E-state index is 11.7. The van der Waals surface area contributed by atoms with E-state index in [0.29, 0.717) is 19.4 Å². The van der Waals surface area contributed by atoms with Crippen molar-refractivity contribution in [2.24, 2.45) is 5.73 Å². The molecule has 1 aliphatic heterocycles. The van der Waals surface area contributed by atoms with Gasteiger partial charge in [0.2, 0.25) is 5.91 Å². The topological polar surface area (TPSA) is 83.6 Å². The zero-order chi connectivity index (χ0) is 11.4. The van der Waals surface area contributed by atoms with Gasteiger partial charge in [-0.25, -0.2) is 4.79 Å². The molecule has 0 aromatic heterocycles. The van der Waals surface area contributed by atoms with Crippen molar-refractivity contribution in [1.29, 1.82) is 0 Å². The highest BCUT2D eigenvalue weighted by molar-refractivity contribution is 5.84. The first-order chi connectivity index (χ1) is 7.06. The molecule has 0 radical (unpaired) electrons. The molecular weight excluding hydrogens is 196 g/mol. The van der Waals surface area contributed by atoms with Gasteiger partial charge >= 0.3 is 5.97 Å². The van der Waals surface area contributed by atoms with Crippen LogP contribution in [0.5, 0.6) is 0 Å². The normalized spacial score (nSPS) is 25.6. The Morgan fingerprint density at radius 3 is 2.73 bits per heavy atom. The lowest BCUT2D eigenvalue weighted by Crippen LogP contribution is -2.40. The molecule has 0 aliphatic carbocycles. The molecule has 0 aromatic carbocycles. The number of nitrogens with two attached hydrogens (primary N) is 1. The molecule has 1 heterocycles. The van der Waals surface area contributed by atoms with Crippen molar-refractivity contribution >= 4 is 11.9 Å². The van der Waals surface area contributed by atoms with Gasteiger partial charge in [-0.05, 0) is 12.8 Å². The Balaban J connectivity index is 2.58. The first-order valence-electron chi connectivity index (χ1n) is 5.34. The molecule has 0 spiro atoms. The molecule has 5 nitrogen and oxygen atoms in total. The summed E-state index contributed by atoms with van der Waals surface area (Å²) in [4.78, 5) is 24.0. The van der Waals surface area contributed by atoms with Gasteiger partial charge in [0.15, 0.2) is 0 Å². The second-order valence-electron chi connectivity index (χ2n) is 4.00. The summed E-state index contributed by atoms with van der Waals surface area (Å²) >= 11 is 0. The highest BCUT2D eigenvalue weighted by atomic mass is 16.4. The Labute approximate surface area is 89.2 Å². The molecule has 2 atom stereocenters. The maximum Gasteiger partial charge on any atom is 0.326 e. The minimum atomic E-state index is -0.951. The summed E-state index contributed by atoms with van der Waals surface area (Å²) in [7, 11) is 0. The van der Waals surface area contributed by atoms with Crippen LogP contribution >= 0.6 is 0 Å². The van der Waals surface area contributed by atoms with Crippen molar-refractivity contribution in [2.75, 3.05) is 6.54 Å². The van der Waals surface area contributed by atoms with Gasteiger partial charge in [0, 0.05) is 19.0 Å². The molecule has 3 N–H and O–H groups in total. The number of hydrogen-bond donors (Lipinski definition) is 2. The average Bonchev–Trinajstić information content (AvgIpc) is 2.57. The van der Waals surface area contributed by atoms with E-state index in [1.807, 2.05) is 6.92 Å². The van der Waals surface area contributed by atoms with Gasteiger partial charge in [0.1, 0.15) is 6.04 Å². The number of carbonyl (C=O) groups is 2. The fraction of sp³-hybridized carbons (Fsp3) is 0.800. The van der Waals surface area contributed by atoms with E-state index in [4.69, 9.17) is 10.8 Å². The summed E-state index contributed by atoms with van der Waals surface area (Å²) < 4.78 is 0. The summed E-state index contributed by atoms with van der Waals surface area (Å²) in [6.07, 6.45) is 2.53. The number of carbonyl (C=O) groups excluding carboxylic acids is 1. The Morgan fingerprint density at radius 2 is 2.20 bits per heavy atom. The van der Waals surface area contributed by atoms with Gasteiger partial charge in [-0.1, -0.05) is 13.3 Å². The quantitative estimate of drug-likeness (QED) is 0.699. The van der Waals surface area contributed by atoms with E-state index in [1.165, 1.54) is 4.90 Å². The predicted molar refractivity (Wildman–Crippen MR) is 55.3 cm³/mol. The molecule has 1 rings (SSSR count). The summed E-state index contributed by atoms with van der Waals surface area (Å²) in [6.45, 7) is 2.37. The Morgan fingerprint density at radius 1 is 1.53 bits per heavy atom. The van der Waals surface area contributed by atoms with E-state index in [1.54, 1.807) is 0 Å². The number of unbranched alkanes of at least 4 members (excludes halogenated alkanes) is 1. The predicted octanol–water partition coefficient (Wildman–Crippen LogP) is 0.189. The molecular formula is C10H18N2O3. The Hall–Kier alpha value is -1.10. The van der Waals surface area contributed by atoms with Gasteiger partial charge in [-0.3, -0.25) is 4.79 Å². The van der Waals surface area contributed by atoms with Crippen LogP contribution in [0.4, 0.5) is 0 Å². The van der Waals surface area contributed by atoms with Gasteiger partial charge < -0.3 is 15.7 Å². The third-order valence-electron chi connectivity index (χ3n) is 2.68. The Bertz CT molecular complexity index is 255. The van der Waals surface area contributed by atoms with Crippen LogP contribution in [-0.4, -0.2) is 40.5 Å². The van der Waals surface area contributed by atoms with Gasteiger partial charge in [0.05, 0.1) is 0 Å². The Kier molecular flexibility index (Phi) is 4.08. The van der Waals surface area contributed by atoms with Crippen LogP contribution in [0.3, 0.4) is 0 Å². The van der Waals surface area contributed by atoms with E-state index in [-0.39, 0.29) is 11.9 Å². The first-order valence-corrected chi connectivity index (χ1v) is 5.34. The summed E-state index contributed by atoms with van der Waals surface area (Å²) in [5.74, 6) is -1.04. The van der Waals surface area contributed by atoms with Crippen molar-refractivity contribution < 1.29 is 14.7 Å². The molecule has 1 aliphatic rings. The summed E-state index contributed by atoms with van der Waals surface area (Å²) in [5, 5.41) is 8.93. The fourth-order valence-corrected chi connectivity index (χ4v) is 1.85. The van der Waals surface area contributed by atoms with Crippen LogP contribution in [0.15, 0.2) is 0 Å². The standard InChI is InChI=1S/C10H18N2O3/c1-2-3-4-9(13)12-6-7(11)5-8(12)10(14)15/h7-8H,2-6,11H2,1H3,(H,14,15). The monoisotopic (exact) mass is 214 g/mol. The number of aliphatic carboxylic acids is 1. The second kappa shape index (κ2) is 5.11. The van der Waals surface area contributed by atoms with Crippen molar-refractivity contribution in [2.45, 2.75) is 44.7 Å². The second-order valence-corrected chi connectivity index (χ2v) is 4.00. The number of amides is 1. The van der Waals surface area contributed by atoms with Crippen LogP contribution in [0.2, 0.25) is 0 Å². The maximum atomic E-state index is 11.7. The molecule has 2 unspecified atom stereocenters. The van der Waals surface area contributed by atoms with E-state index in [2.05, 4.69) is 0 Å². The van der Waals surface area contributed by atoms with Crippen LogP contribution in [0, 0.1) is 0 Å². The van der Waals surface area contributed by atoms with Crippen molar-refractivity contribution in [3.63, 3.8) is 0 Å². The lowest BCUT2D eigenvalue weighted by Gasteiger charge is -2.21. The van der Waals surface area contributed by atoms with Crippen molar-refractivity contribution in [3.05, 3.63) is 0 Å². The number of hydrogen-bond acceptors (Lipinski definition) is 3. The molecule has 86 valence electrons. The number of likely N-dealkylation sites (tertiary alicyclic amines) is 1. The van der Waals surface area contributed by atoms with E-state index in [0.717, 1.165) is 12.8 Å². The summed E-state index contributed by atoms with van der Waals surface area (Å²) in [5.41, 5.74) is 5.66. The molecule has 1 fully saturated rings. The highest BCUT2D eigenvalue weighted by Crippen LogP contribution is 2.18. The minimum absolute atomic E-state index is 0.0859. The molecule has 0 bridgehead atoms. The van der Waals surface area contributed by atoms with Crippen LogP contribution in [0.1, 0.15) is 32.6 Å². The molecule has 1 saturated heterocycles. The van der Waals surface area contributed by atoms with E-state index >= 15 is 0 Å². The minimum Gasteiger partial charge on any atom is -0.480 e. The molecule has 1 amide bonds. The van der Waals surface area contributed by atoms with E-state index in [9.17, 15) is 9.59 Å². The number of nitrogens with zero attached hydrogens (tertiary/aromatic N) is 1. The molecule has 0 aromatic rings. The summed E-state index contributed by atoms with van der Waals surface area (Å²) in [6, 6.07) is -0.916. The average molecular weight is 214 g/mol. The zero-order valence-electron chi connectivity index (χ0n) is 8.98. The highest BCUT2D eigenvalue weighted by Gasteiger charge is 2.37. The van der Waals surface area contributed by atoms with Crippen LogP contribution in [0.25, 0.3) is 0 Å². The van der Waals surface area contributed by atoms with Gasteiger partial charge in [-0.2, -0.15) is 0 Å². The molecule has 0 saturated carbocycles. The van der Waals surface area contributed by atoms with Gasteiger partial charge in [0.25, 0.3) is 0 Å². The zero-order valence-corrected chi connectivity index (χ0v) is 8.98. The fourth-order valence-electron chi connectivity index (χ4n) is 1.85. The lowest BCUT2D eigenvalue weighted by molar-refractivity contribution is -0.148.